The fraction of sp³-hybridized carbons (Fsp3) is 0.300. The molecule has 1 aliphatic heterocycles. The maximum atomic E-state index is 12.9. The molecule has 0 saturated carbocycles. The molecule has 0 bridgehead atoms. The minimum absolute atomic E-state index is 0.0442. The third-order valence-electron chi connectivity index (χ3n) is 4.52. The van der Waals surface area contributed by atoms with E-state index in [1.807, 2.05) is 51.1 Å². The summed E-state index contributed by atoms with van der Waals surface area (Å²) >= 11 is 5.99. The lowest BCUT2D eigenvalue weighted by Crippen LogP contribution is -2.40. The highest BCUT2D eigenvalue weighted by molar-refractivity contribution is 7.90. The first-order chi connectivity index (χ1) is 13.1. The molecule has 1 heterocycles. The number of benzene rings is 2. The van der Waals surface area contributed by atoms with Gasteiger partial charge in [0.15, 0.2) is 0 Å². The van der Waals surface area contributed by atoms with Crippen LogP contribution >= 0.6 is 11.6 Å². The average Bonchev–Trinajstić information content (AvgIpc) is 3.08. The molecule has 2 aromatic carbocycles. The van der Waals surface area contributed by atoms with Crippen LogP contribution in [0.2, 0.25) is 5.02 Å². The Morgan fingerprint density at radius 2 is 1.71 bits per heavy atom. The van der Waals surface area contributed by atoms with E-state index in [0.717, 1.165) is 11.3 Å². The largest absolute Gasteiger partial charge is 0.352 e. The maximum Gasteiger partial charge on any atom is 0.352 e. The Balaban J connectivity index is 1.93. The SMILES string of the molecule is CC(C)(C)C1=NN(C(=O)NS(=O)(=O)c2ccccc2Cl)C(c2ccccc2)C1. The zero-order valence-electron chi connectivity index (χ0n) is 15.9. The molecule has 0 aromatic heterocycles. The van der Waals surface area contributed by atoms with Crippen LogP contribution in [0, 0.1) is 5.41 Å². The first-order valence-corrected chi connectivity index (χ1v) is 10.7. The molecule has 0 aliphatic carbocycles. The predicted molar refractivity (Wildman–Crippen MR) is 110 cm³/mol. The molecule has 0 radical (unpaired) electrons. The highest BCUT2D eigenvalue weighted by Crippen LogP contribution is 2.36. The number of carbonyl (C=O) groups is 1. The molecule has 8 heteroatoms. The summed E-state index contributed by atoms with van der Waals surface area (Å²) in [5.41, 5.74) is 1.46. The van der Waals surface area contributed by atoms with Crippen molar-refractivity contribution in [3.8, 4) is 0 Å². The van der Waals surface area contributed by atoms with Gasteiger partial charge < -0.3 is 0 Å². The van der Waals surface area contributed by atoms with E-state index in [1.54, 1.807) is 12.1 Å². The first kappa shape index (κ1) is 20.4. The van der Waals surface area contributed by atoms with E-state index >= 15 is 0 Å². The molecule has 1 aliphatic rings. The zero-order chi connectivity index (χ0) is 20.5. The van der Waals surface area contributed by atoms with Gasteiger partial charge in [-0.2, -0.15) is 5.10 Å². The van der Waals surface area contributed by atoms with Crippen LogP contribution in [-0.4, -0.2) is 25.2 Å². The quantitative estimate of drug-likeness (QED) is 0.790. The fourth-order valence-electron chi connectivity index (χ4n) is 2.97. The second-order valence-electron chi connectivity index (χ2n) is 7.61. The predicted octanol–water partition coefficient (Wildman–Crippen LogP) is 4.59. The van der Waals surface area contributed by atoms with Gasteiger partial charge in [-0.25, -0.2) is 22.9 Å². The summed E-state index contributed by atoms with van der Waals surface area (Å²) in [4.78, 5) is 12.7. The van der Waals surface area contributed by atoms with Crippen molar-refractivity contribution in [2.45, 2.75) is 38.1 Å². The number of halogens is 1. The molecule has 0 spiro atoms. The van der Waals surface area contributed by atoms with Crippen molar-refractivity contribution in [2.24, 2.45) is 10.5 Å². The molecule has 3 rings (SSSR count). The zero-order valence-corrected chi connectivity index (χ0v) is 17.5. The Kier molecular flexibility index (Phi) is 5.50. The van der Waals surface area contributed by atoms with Gasteiger partial charge in [0.2, 0.25) is 0 Å². The summed E-state index contributed by atoms with van der Waals surface area (Å²) in [6.45, 7) is 6.03. The number of carbonyl (C=O) groups excluding carboxylic acids is 1. The van der Waals surface area contributed by atoms with Crippen LogP contribution in [0.3, 0.4) is 0 Å². The van der Waals surface area contributed by atoms with Crippen molar-refractivity contribution < 1.29 is 13.2 Å². The number of urea groups is 1. The minimum atomic E-state index is -4.13. The second kappa shape index (κ2) is 7.56. The Labute approximate surface area is 170 Å². The van der Waals surface area contributed by atoms with Crippen LogP contribution in [0.25, 0.3) is 0 Å². The van der Waals surface area contributed by atoms with Crippen LogP contribution < -0.4 is 4.72 Å². The molecule has 0 fully saturated rings. The second-order valence-corrected chi connectivity index (χ2v) is 9.67. The summed E-state index contributed by atoms with van der Waals surface area (Å²) < 4.78 is 27.4. The highest BCUT2D eigenvalue weighted by atomic mass is 35.5. The Morgan fingerprint density at radius 1 is 1.11 bits per heavy atom. The lowest BCUT2D eigenvalue weighted by Gasteiger charge is -2.22. The van der Waals surface area contributed by atoms with E-state index in [-0.39, 0.29) is 21.4 Å². The summed E-state index contributed by atoms with van der Waals surface area (Å²) in [5, 5.41) is 5.71. The van der Waals surface area contributed by atoms with Crippen LogP contribution in [-0.2, 0) is 10.0 Å². The number of nitrogens with one attached hydrogen (secondary N) is 1. The standard InChI is InChI=1S/C20H22ClN3O3S/c1-20(2,3)18-13-16(14-9-5-4-6-10-14)24(22-18)19(25)23-28(26,27)17-12-8-7-11-15(17)21/h4-12,16H,13H2,1-3H3,(H,23,25). The normalized spacial score (nSPS) is 17.4. The first-order valence-electron chi connectivity index (χ1n) is 8.83. The molecule has 2 amide bonds. The van der Waals surface area contributed by atoms with E-state index in [4.69, 9.17) is 11.6 Å². The minimum Gasteiger partial charge on any atom is -0.245 e. The Morgan fingerprint density at radius 3 is 2.32 bits per heavy atom. The van der Waals surface area contributed by atoms with Crippen LogP contribution in [0.5, 0.6) is 0 Å². The molecule has 148 valence electrons. The highest BCUT2D eigenvalue weighted by Gasteiger charge is 2.38. The third kappa shape index (κ3) is 4.20. The van der Waals surface area contributed by atoms with Crippen LogP contribution in [0.1, 0.15) is 38.8 Å². The molecule has 6 nitrogen and oxygen atoms in total. The molecule has 0 saturated heterocycles. The van der Waals surface area contributed by atoms with E-state index in [9.17, 15) is 13.2 Å². The van der Waals surface area contributed by atoms with Gasteiger partial charge >= 0.3 is 6.03 Å². The van der Waals surface area contributed by atoms with E-state index < -0.39 is 16.1 Å². The van der Waals surface area contributed by atoms with Crippen molar-refractivity contribution in [3.05, 3.63) is 65.2 Å². The summed E-state index contributed by atoms with van der Waals surface area (Å²) in [6, 6.07) is 14.2. The van der Waals surface area contributed by atoms with Crippen molar-refractivity contribution in [1.29, 1.82) is 0 Å². The molecule has 1 atom stereocenters. The molecular weight excluding hydrogens is 398 g/mol. The Hall–Kier alpha value is -2.38. The van der Waals surface area contributed by atoms with Gasteiger partial charge in [-0.15, -0.1) is 0 Å². The van der Waals surface area contributed by atoms with E-state index in [0.29, 0.717) is 6.42 Å². The van der Waals surface area contributed by atoms with Gasteiger partial charge in [0.25, 0.3) is 10.0 Å². The van der Waals surface area contributed by atoms with Crippen molar-refractivity contribution in [1.82, 2.24) is 9.73 Å². The number of hydrazone groups is 1. The van der Waals surface area contributed by atoms with Gasteiger partial charge in [0.1, 0.15) is 4.90 Å². The topological polar surface area (TPSA) is 78.8 Å². The van der Waals surface area contributed by atoms with Crippen molar-refractivity contribution in [2.75, 3.05) is 0 Å². The number of hydrogen-bond donors (Lipinski definition) is 1. The average molecular weight is 420 g/mol. The molecule has 28 heavy (non-hydrogen) atoms. The molecular formula is C20H22ClN3O3S. The smallest absolute Gasteiger partial charge is 0.245 e. The van der Waals surface area contributed by atoms with Gasteiger partial charge in [-0.3, -0.25) is 0 Å². The lowest BCUT2D eigenvalue weighted by atomic mass is 9.86. The van der Waals surface area contributed by atoms with Crippen molar-refractivity contribution >= 4 is 33.4 Å². The van der Waals surface area contributed by atoms with E-state index in [2.05, 4.69) is 9.82 Å². The monoisotopic (exact) mass is 419 g/mol. The number of rotatable bonds is 3. The van der Waals surface area contributed by atoms with Crippen molar-refractivity contribution in [3.63, 3.8) is 0 Å². The number of sulfonamides is 1. The van der Waals surface area contributed by atoms with Gasteiger partial charge in [-0.1, -0.05) is 74.8 Å². The van der Waals surface area contributed by atoms with Crippen LogP contribution in [0.4, 0.5) is 4.79 Å². The third-order valence-corrected chi connectivity index (χ3v) is 6.34. The van der Waals surface area contributed by atoms with Gasteiger partial charge in [0, 0.05) is 17.5 Å². The lowest BCUT2D eigenvalue weighted by molar-refractivity contribution is 0.192. The van der Waals surface area contributed by atoms with Gasteiger partial charge in [0.05, 0.1) is 11.1 Å². The summed E-state index contributed by atoms with van der Waals surface area (Å²) in [7, 11) is -4.13. The summed E-state index contributed by atoms with van der Waals surface area (Å²) in [6.07, 6.45) is 0.535. The Bertz CT molecular complexity index is 1010. The number of nitrogens with zero attached hydrogens (tertiary/aromatic N) is 2. The molecule has 1 unspecified atom stereocenters. The van der Waals surface area contributed by atoms with E-state index in [1.165, 1.54) is 17.1 Å². The summed E-state index contributed by atoms with van der Waals surface area (Å²) in [5.74, 6) is 0. The molecule has 1 N–H and O–H groups in total. The van der Waals surface area contributed by atoms with Gasteiger partial charge in [-0.05, 0) is 17.7 Å². The number of amides is 2. The fourth-order valence-corrected chi connectivity index (χ4v) is 4.42. The van der Waals surface area contributed by atoms with Crippen LogP contribution in [0.15, 0.2) is 64.6 Å². The maximum absolute atomic E-state index is 12.9. The molecule has 2 aromatic rings. The number of hydrogen-bond acceptors (Lipinski definition) is 4.